The predicted molar refractivity (Wildman–Crippen MR) is 69.8 cm³/mol. The standard InChI is InChI=1S/C15H18FNO/c1-3-4-6-11(2)14-10-15(18-17-14)12-7-5-8-13(16)9-12/h5,7-11H,3-4,6H2,1-2H3. The van der Waals surface area contributed by atoms with Crippen molar-refractivity contribution in [2.75, 3.05) is 0 Å². The minimum Gasteiger partial charge on any atom is -0.356 e. The Labute approximate surface area is 107 Å². The minimum absolute atomic E-state index is 0.260. The van der Waals surface area contributed by atoms with E-state index in [-0.39, 0.29) is 5.82 Å². The Bertz CT molecular complexity index is 507. The smallest absolute Gasteiger partial charge is 0.167 e. The second kappa shape index (κ2) is 5.80. The molecule has 0 aliphatic heterocycles. The normalized spacial score (nSPS) is 12.6. The van der Waals surface area contributed by atoms with Crippen LogP contribution in [0.5, 0.6) is 0 Å². The number of unbranched alkanes of at least 4 members (excludes halogenated alkanes) is 1. The molecule has 0 bridgehead atoms. The van der Waals surface area contributed by atoms with Gasteiger partial charge in [0.2, 0.25) is 0 Å². The molecular formula is C15H18FNO. The average molecular weight is 247 g/mol. The van der Waals surface area contributed by atoms with Crippen molar-refractivity contribution in [2.45, 2.75) is 39.0 Å². The first-order valence-corrected chi connectivity index (χ1v) is 6.43. The fourth-order valence-electron chi connectivity index (χ4n) is 1.96. The van der Waals surface area contributed by atoms with Gasteiger partial charge >= 0.3 is 0 Å². The van der Waals surface area contributed by atoms with E-state index in [2.05, 4.69) is 19.0 Å². The van der Waals surface area contributed by atoms with Gasteiger partial charge in [-0.15, -0.1) is 0 Å². The van der Waals surface area contributed by atoms with Crippen LogP contribution in [0.15, 0.2) is 34.9 Å². The summed E-state index contributed by atoms with van der Waals surface area (Å²) in [5, 5.41) is 4.08. The van der Waals surface area contributed by atoms with Crippen LogP contribution in [0.25, 0.3) is 11.3 Å². The number of rotatable bonds is 5. The van der Waals surface area contributed by atoms with Gasteiger partial charge < -0.3 is 4.52 Å². The lowest BCUT2D eigenvalue weighted by atomic mass is 10.00. The van der Waals surface area contributed by atoms with E-state index in [0.717, 1.165) is 17.7 Å². The SMILES string of the molecule is CCCCC(C)c1cc(-c2cccc(F)c2)on1. The van der Waals surface area contributed by atoms with Crippen LogP contribution in [0.3, 0.4) is 0 Å². The van der Waals surface area contributed by atoms with E-state index in [1.54, 1.807) is 6.07 Å². The van der Waals surface area contributed by atoms with E-state index in [1.165, 1.54) is 25.0 Å². The first kappa shape index (κ1) is 12.8. The molecule has 0 amide bonds. The summed E-state index contributed by atoms with van der Waals surface area (Å²) in [6.07, 6.45) is 3.47. The van der Waals surface area contributed by atoms with E-state index >= 15 is 0 Å². The Morgan fingerprint density at radius 2 is 2.17 bits per heavy atom. The molecule has 18 heavy (non-hydrogen) atoms. The molecule has 0 N–H and O–H groups in total. The van der Waals surface area contributed by atoms with Crippen molar-refractivity contribution < 1.29 is 8.91 Å². The molecule has 1 aromatic heterocycles. The monoisotopic (exact) mass is 247 g/mol. The molecule has 0 fully saturated rings. The molecule has 96 valence electrons. The van der Waals surface area contributed by atoms with Crippen LogP contribution in [0.4, 0.5) is 4.39 Å². The molecule has 0 spiro atoms. The topological polar surface area (TPSA) is 26.0 Å². The Kier molecular flexibility index (Phi) is 4.13. The quantitative estimate of drug-likeness (QED) is 0.760. The lowest BCUT2D eigenvalue weighted by Gasteiger charge is -2.04. The maximum atomic E-state index is 13.1. The first-order valence-electron chi connectivity index (χ1n) is 6.43. The van der Waals surface area contributed by atoms with Gasteiger partial charge in [-0.3, -0.25) is 0 Å². The molecule has 0 aliphatic rings. The molecule has 0 saturated carbocycles. The zero-order chi connectivity index (χ0) is 13.0. The van der Waals surface area contributed by atoms with Gasteiger partial charge in [-0.2, -0.15) is 0 Å². The third kappa shape index (κ3) is 2.97. The molecular weight excluding hydrogens is 229 g/mol. The van der Waals surface area contributed by atoms with Gasteiger partial charge in [-0.25, -0.2) is 4.39 Å². The lowest BCUT2D eigenvalue weighted by Crippen LogP contribution is -1.92. The van der Waals surface area contributed by atoms with Gasteiger partial charge in [0.05, 0.1) is 5.69 Å². The maximum Gasteiger partial charge on any atom is 0.167 e. The van der Waals surface area contributed by atoms with Gasteiger partial charge in [-0.1, -0.05) is 44.0 Å². The Morgan fingerprint density at radius 1 is 1.33 bits per heavy atom. The number of hydrogen-bond donors (Lipinski definition) is 0. The molecule has 1 atom stereocenters. The second-order valence-electron chi connectivity index (χ2n) is 4.67. The number of benzene rings is 1. The Hall–Kier alpha value is -1.64. The third-order valence-electron chi connectivity index (χ3n) is 3.13. The summed E-state index contributed by atoms with van der Waals surface area (Å²) in [5.74, 6) is 0.758. The first-order chi connectivity index (χ1) is 8.70. The number of aromatic nitrogens is 1. The van der Waals surface area contributed by atoms with Crippen molar-refractivity contribution in [3.8, 4) is 11.3 Å². The minimum atomic E-state index is -0.260. The van der Waals surface area contributed by atoms with Crippen molar-refractivity contribution in [3.05, 3.63) is 41.8 Å². The van der Waals surface area contributed by atoms with Crippen molar-refractivity contribution in [3.63, 3.8) is 0 Å². The van der Waals surface area contributed by atoms with E-state index in [1.807, 2.05) is 12.1 Å². The molecule has 0 radical (unpaired) electrons. The molecule has 3 heteroatoms. The van der Waals surface area contributed by atoms with Gasteiger partial charge in [0.1, 0.15) is 5.82 Å². The van der Waals surface area contributed by atoms with Crippen LogP contribution in [-0.2, 0) is 0 Å². The summed E-state index contributed by atoms with van der Waals surface area (Å²) in [6, 6.07) is 8.29. The number of hydrogen-bond acceptors (Lipinski definition) is 2. The molecule has 2 nitrogen and oxygen atoms in total. The highest BCUT2D eigenvalue weighted by Gasteiger charge is 2.12. The molecule has 0 saturated heterocycles. The summed E-state index contributed by atoms with van der Waals surface area (Å²) >= 11 is 0. The van der Waals surface area contributed by atoms with E-state index in [9.17, 15) is 4.39 Å². The maximum absolute atomic E-state index is 13.1. The fraction of sp³-hybridized carbons (Fsp3) is 0.400. The van der Waals surface area contributed by atoms with E-state index < -0.39 is 0 Å². The van der Waals surface area contributed by atoms with Gasteiger partial charge in [-0.05, 0) is 18.6 Å². The zero-order valence-electron chi connectivity index (χ0n) is 10.8. The summed E-state index contributed by atoms with van der Waals surface area (Å²) in [6.45, 7) is 4.32. The summed E-state index contributed by atoms with van der Waals surface area (Å²) < 4.78 is 18.4. The van der Waals surface area contributed by atoms with Crippen LogP contribution < -0.4 is 0 Å². The van der Waals surface area contributed by atoms with E-state index in [0.29, 0.717) is 11.7 Å². The summed E-state index contributed by atoms with van der Waals surface area (Å²) in [4.78, 5) is 0. The summed E-state index contributed by atoms with van der Waals surface area (Å²) in [5.41, 5.74) is 1.68. The molecule has 1 unspecified atom stereocenters. The van der Waals surface area contributed by atoms with Crippen molar-refractivity contribution in [2.24, 2.45) is 0 Å². The average Bonchev–Trinajstić information content (AvgIpc) is 2.85. The molecule has 1 heterocycles. The Balaban J connectivity index is 2.15. The van der Waals surface area contributed by atoms with Crippen molar-refractivity contribution in [1.29, 1.82) is 0 Å². The highest BCUT2D eigenvalue weighted by molar-refractivity contribution is 5.57. The third-order valence-corrected chi connectivity index (χ3v) is 3.13. The second-order valence-corrected chi connectivity index (χ2v) is 4.67. The van der Waals surface area contributed by atoms with Crippen LogP contribution >= 0.6 is 0 Å². The fourth-order valence-corrected chi connectivity index (χ4v) is 1.96. The molecule has 2 aromatic rings. The van der Waals surface area contributed by atoms with Crippen molar-refractivity contribution >= 4 is 0 Å². The van der Waals surface area contributed by atoms with Crippen molar-refractivity contribution in [1.82, 2.24) is 5.16 Å². The number of halogens is 1. The zero-order valence-corrected chi connectivity index (χ0v) is 10.8. The van der Waals surface area contributed by atoms with Gasteiger partial charge in [0.15, 0.2) is 5.76 Å². The van der Waals surface area contributed by atoms with Gasteiger partial charge in [0, 0.05) is 17.5 Å². The van der Waals surface area contributed by atoms with Crippen LogP contribution in [0.2, 0.25) is 0 Å². The Morgan fingerprint density at radius 3 is 2.89 bits per heavy atom. The molecule has 1 aromatic carbocycles. The van der Waals surface area contributed by atoms with Crippen LogP contribution in [-0.4, -0.2) is 5.16 Å². The summed E-state index contributed by atoms with van der Waals surface area (Å²) in [7, 11) is 0. The molecule has 2 rings (SSSR count). The predicted octanol–water partition coefficient (Wildman–Crippen LogP) is 4.77. The van der Waals surface area contributed by atoms with Crippen LogP contribution in [0.1, 0.15) is 44.7 Å². The highest BCUT2D eigenvalue weighted by atomic mass is 19.1. The van der Waals surface area contributed by atoms with E-state index in [4.69, 9.17) is 4.52 Å². The van der Waals surface area contributed by atoms with Gasteiger partial charge in [0.25, 0.3) is 0 Å². The lowest BCUT2D eigenvalue weighted by molar-refractivity contribution is 0.414. The number of nitrogens with zero attached hydrogens (tertiary/aromatic N) is 1. The highest BCUT2D eigenvalue weighted by Crippen LogP contribution is 2.26. The van der Waals surface area contributed by atoms with Crippen LogP contribution in [0, 0.1) is 5.82 Å². The largest absolute Gasteiger partial charge is 0.356 e. The molecule has 0 aliphatic carbocycles.